The van der Waals surface area contributed by atoms with Crippen LogP contribution in [0.2, 0.25) is 0 Å². The lowest BCUT2D eigenvalue weighted by atomic mass is 10.00. The topological polar surface area (TPSA) is 55.1 Å². The van der Waals surface area contributed by atoms with E-state index in [4.69, 9.17) is 5.73 Å². The highest BCUT2D eigenvalue weighted by molar-refractivity contribution is 9.10. The van der Waals surface area contributed by atoms with Crippen LogP contribution >= 0.6 is 15.9 Å². The minimum Gasteiger partial charge on any atom is -0.326 e. The second-order valence-electron chi connectivity index (χ2n) is 4.66. The van der Waals surface area contributed by atoms with E-state index in [9.17, 15) is 9.18 Å². The van der Waals surface area contributed by atoms with Gasteiger partial charge in [-0.15, -0.1) is 0 Å². The van der Waals surface area contributed by atoms with Crippen molar-refractivity contribution in [1.82, 2.24) is 0 Å². The Morgan fingerprint density at radius 3 is 2.76 bits per heavy atom. The number of rotatable bonds is 4. The number of halogens is 2. The van der Waals surface area contributed by atoms with Crippen LogP contribution in [0.3, 0.4) is 0 Å². The fraction of sp³-hybridized carbons (Fsp3) is 0.417. The van der Waals surface area contributed by atoms with Crippen molar-refractivity contribution in [3.05, 3.63) is 28.5 Å². The lowest BCUT2D eigenvalue weighted by Gasteiger charge is -2.17. The van der Waals surface area contributed by atoms with Crippen LogP contribution < -0.4 is 11.1 Å². The lowest BCUT2D eigenvalue weighted by molar-refractivity contribution is -0.116. The summed E-state index contributed by atoms with van der Waals surface area (Å²) in [6, 6.07) is 4.15. The molecule has 94 valence electrons. The maximum absolute atomic E-state index is 13.0. The number of hydrogen-bond acceptors (Lipinski definition) is 2. The smallest absolute Gasteiger partial charge is 0.224 e. The van der Waals surface area contributed by atoms with Gasteiger partial charge < -0.3 is 11.1 Å². The van der Waals surface area contributed by atoms with E-state index in [1.165, 1.54) is 12.1 Å². The maximum Gasteiger partial charge on any atom is 0.224 e. The number of anilines is 1. The summed E-state index contributed by atoms with van der Waals surface area (Å²) in [6.07, 6.45) is 0.887. The molecule has 1 aromatic carbocycles. The Morgan fingerprint density at radius 1 is 1.53 bits per heavy atom. The van der Waals surface area contributed by atoms with Gasteiger partial charge in [-0.3, -0.25) is 4.79 Å². The van der Waals surface area contributed by atoms with E-state index >= 15 is 0 Å². The number of hydrogen-bond donors (Lipinski definition) is 2. The third kappa shape index (κ3) is 5.28. The first-order chi connectivity index (χ1) is 7.78. The van der Waals surface area contributed by atoms with Gasteiger partial charge >= 0.3 is 0 Å². The van der Waals surface area contributed by atoms with Gasteiger partial charge in [0, 0.05) is 16.4 Å². The number of benzene rings is 1. The summed E-state index contributed by atoms with van der Waals surface area (Å²) in [5.74, 6) is -0.558. The highest BCUT2D eigenvalue weighted by Gasteiger charge is 2.14. The third-order valence-corrected chi connectivity index (χ3v) is 2.89. The molecule has 0 bridgehead atoms. The van der Waals surface area contributed by atoms with E-state index in [1.54, 1.807) is 6.07 Å². The van der Waals surface area contributed by atoms with Crippen molar-refractivity contribution in [3.63, 3.8) is 0 Å². The van der Waals surface area contributed by atoms with Gasteiger partial charge in [-0.2, -0.15) is 0 Å². The van der Waals surface area contributed by atoms with Crippen LogP contribution in [0.25, 0.3) is 0 Å². The quantitative estimate of drug-likeness (QED) is 0.898. The van der Waals surface area contributed by atoms with Crippen molar-refractivity contribution in [2.24, 2.45) is 5.73 Å². The first kappa shape index (κ1) is 14.1. The molecule has 0 fully saturated rings. The van der Waals surface area contributed by atoms with Crippen molar-refractivity contribution in [2.45, 2.75) is 32.2 Å². The van der Waals surface area contributed by atoms with E-state index in [-0.39, 0.29) is 17.3 Å². The highest BCUT2D eigenvalue weighted by atomic mass is 79.9. The predicted octanol–water partition coefficient (Wildman–Crippen LogP) is 3.04. The normalized spacial score (nSPS) is 11.4. The van der Waals surface area contributed by atoms with Crippen molar-refractivity contribution in [2.75, 3.05) is 5.32 Å². The molecular formula is C12H16BrFN2O. The third-order valence-electron chi connectivity index (χ3n) is 2.20. The number of amides is 1. The van der Waals surface area contributed by atoms with Crippen molar-refractivity contribution < 1.29 is 9.18 Å². The Bertz CT molecular complexity index is 415. The zero-order valence-electron chi connectivity index (χ0n) is 9.89. The molecule has 1 aromatic rings. The fourth-order valence-corrected chi connectivity index (χ4v) is 1.59. The molecule has 1 rings (SSSR count). The molecule has 0 aliphatic rings. The van der Waals surface area contributed by atoms with Gasteiger partial charge in [-0.25, -0.2) is 4.39 Å². The Kier molecular flexibility index (Phi) is 4.65. The van der Waals surface area contributed by atoms with Gasteiger partial charge in [0.25, 0.3) is 0 Å². The van der Waals surface area contributed by atoms with E-state index in [0.717, 1.165) is 0 Å². The Balaban J connectivity index is 2.59. The molecule has 0 unspecified atom stereocenters. The van der Waals surface area contributed by atoms with E-state index in [2.05, 4.69) is 21.2 Å². The first-order valence-corrected chi connectivity index (χ1v) is 6.11. The number of carbonyl (C=O) groups excluding carboxylic acids is 1. The first-order valence-electron chi connectivity index (χ1n) is 5.32. The zero-order chi connectivity index (χ0) is 13.1. The van der Waals surface area contributed by atoms with Crippen LogP contribution in [0.4, 0.5) is 10.1 Å². The molecule has 1 amide bonds. The molecule has 0 spiro atoms. The Hall–Kier alpha value is -0.940. The van der Waals surface area contributed by atoms with Gasteiger partial charge in [0.05, 0.1) is 5.69 Å². The summed E-state index contributed by atoms with van der Waals surface area (Å²) >= 11 is 3.24. The van der Waals surface area contributed by atoms with Gasteiger partial charge in [-0.05, 0) is 54.4 Å². The van der Waals surface area contributed by atoms with Crippen molar-refractivity contribution in [3.8, 4) is 0 Å². The Morgan fingerprint density at radius 2 is 2.18 bits per heavy atom. The molecule has 3 N–H and O–H groups in total. The molecule has 0 aromatic heterocycles. The number of carbonyl (C=O) groups is 1. The molecule has 5 heteroatoms. The highest BCUT2D eigenvalue weighted by Crippen LogP contribution is 2.23. The molecular weight excluding hydrogens is 287 g/mol. The summed E-state index contributed by atoms with van der Waals surface area (Å²) in [5.41, 5.74) is 5.84. The fourth-order valence-electron chi connectivity index (χ4n) is 1.24. The van der Waals surface area contributed by atoms with Gasteiger partial charge in [-0.1, -0.05) is 0 Å². The largest absolute Gasteiger partial charge is 0.326 e. The van der Waals surface area contributed by atoms with E-state index in [0.29, 0.717) is 23.0 Å². The maximum atomic E-state index is 13.0. The second kappa shape index (κ2) is 5.60. The van der Waals surface area contributed by atoms with Crippen LogP contribution in [0.15, 0.2) is 22.7 Å². The summed E-state index contributed by atoms with van der Waals surface area (Å²) in [6.45, 7) is 3.72. The molecule has 0 saturated carbocycles. The van der Waals surface area contributed by atoms with Crippen molar-refractivity contribution in [1.29, 1.82) is 0 Å². The molecule has 0 radical (unpaired) electrons. The van der Waals surface area contributed by atoms with Crippen LogP contribution in [-0.2, 0) is 4.79 Å². The van der Waals surface area contributed by atoms with Crippen LogP contribution in [0.5, 0.6) is 0 Å². The van der Waals surface area contributed by atoms with Gasteiger partial charge in [0.2, 0.25) is 5.91 Å². The van der Waals surface area contributed by atoms with Gasteiger partial charge in [0.15, 0.2) is 0 Å². The molecule has 0 aliphatic carbocycles. The minimum atomic E-state index is -0.386. The minimum absolute atomic E-state index is 0.171. The van der Waals surface area contributed by atoms with Crippen LogP contribution in [0, 0.1) is 5.82 Å². The molecule has 0 heterocycles. The van der Waals surface area contributed by atoms with Crippen molar-refractivity contribution >= 4 is 27.5 Å². The zero-order valence-corrected chi connectivity index (χ0v) is 11.5. The average Bonchev–Trinajstić information content (AvgIpc) is 2.20. The molecule has 0 atom stereocenters. The average molecular weight is 303 g/mol. The van der Waals surface area contributed by atoms with E-state index < -0.39 is 0 Å². The standard InChI is InChI=1S/C12H16BrFN2O/c1-12(2,15)6-5-11(17)16-10-7-8(14)3-4-9(10)13/h3-4,7H,5-6,15H2,1-2H3,(H,16,17). The molecule has 17 heavy (non-hydrogen) atoms. The van der Waals surface area contributed by atoms with Crippen LogP contribution in [-0.4, -0.2) is 11.4 Å². The SMILES string of the molecule is CC(C)(N)CCC(=O)Nc1cc(F)ccc1Br. The number of nitrogens with one attached hydrogen (secondary N) is 1. The summed E-state index contributed by atoms with van der Waals surface area (Å²) in [7, 11) is 0. The lowest BCUT2D eigenvalue weighted by Crippen LogP contribution is -2.33. The van der Waals surface area contributed by atoms with Crippen LogP contribution in [0.1, 0.15) is 26.7 Å². The Labute approximate surface area is 109 Å². The molecule has 3 nitrogen and oxygen atoms in total. The summed E-state index contributed by atoms with van der Waals surface area (Å²) in [5, 5.41) is 2.64. The summed E-state index contributed by atoms with van der Waals surface area (Å²) in [4.78, 5) is 11.6. The molecule has 0 saturated heterocycles. The predicted molar refractivity (Wildman–Crippen MR) is 70.2 cm³/mol. The summed E-state index contributed by atoms with van der Waals surface area (Å²) < 4.78 is 13.6. The van der Waals surface area contributed by atoms with E-state index in [1.807, 2.05) is 13.8 Å². The second-order valence-corrected chi connectivity index (χ2v) is 5.52. The molecule has 0 aliphatic heterocycles. The number of nitrogens with two attached hydrogens (primary N) is 1. The monoisotopic (exact) mass is 302 g/mol. The van der Waals surface area contributed by atoms with Gasteiger partial charge in [0.1, 0.15) is 5.82 Å².